The lowest BCUT2D eigenvalue weighted by molar-refractivity contribution is -0.192. The lowest BCUT2D eigenvalue weighted by Crippen LogP contribution is -2.34. The second kappa shape index (κ2) is 4.80. The zero-order chi connectivity index (χ0) is 11.5. The van der Waals surface area contributed by atoms with Gasteiger partial charge in [0.1, 0.15) is 0 Å². The molecule has 1 aliphatic rings. The molecule has 2 atom stereocenters. The third-order valence-corrected chi connectivity index (χ3v) is 1.98. The molecule has 1 heterocycles. The second-order valence-electron chi connectivity index (χ2n) is 3.45. The normalized spacial score (nSPS) is 26.7. The summed E-state index contributed by atoms with van der Waals surface area (Å²) in [5, 5.41) is 0. The Kier molecular flexibility index (Phi) is 3.92. The molecule has 15 heavy (non-hydrogen) atoms. The van der Waals surface area contributed by atoms with Gasteiger partial charge >= 0.3 is 6.18 Å². The molecule has 1 amide bonds. The predicted molar refractivity (Wildman–Crippen MR) is 43.7 cm³/mol. The summed E-state index contributed by atoms with van der Waals surface area (Å²) in [7, 11) is 0. The number of halogens is 3. The molecule has 7 heteroatoms. The van der Waals surface area contributed by atoms with Crippen molar-refractivity contribution in [3.8, 4) is 0 Å². The van der Waals surface area contributed by atoms with Crippen molar-refractivity contribution in [3.05, 3.63) is 0 Å². The summed E-state index contributed by atoms with van der Waals surface area (Å²) in [4.78, 5) is 15.2. The predicted octanol–water partition coefficient (Wildman–Crippen LogP) is 1.02. The van der Waals surface area contributed by atoms with Gasteiger partial charge in [0, 0.05) is 0 Å². The summed E-state index contributed by atoms with van der Waals surface area (Å²) in [6.07, 6.45) is -3.98. The summed E-state index contributed by atoms with van der Waals surface area (Å²) in [6, 6.07) is 0. The number of carbonyl (C=O) groups excluding carboxylic acids is 1. The van der Waals surface area contributed by atoms with E-state index in [-0.39, 0.29) is 12.7 Å². The van der Waals surface area contributed by atoms with Crippen LogP contribution in [0.4, 0.5) is 13.2 Å². The summed E-state index contributed by atoms with van der Waals surface area (Å²) in [5.41, 5.74) is 1.76. The molecule has 0 radical (unpaired) electrons. The second-order valence-corrected chi connectivity index (χ2v) is 3.45. The van der Waals surface area contributed by atoms with Gasteiger partial charge in [-0.15, -0.1) is 0 Å². The molecule has 4 nitrogen and oxygen atoms in total. The van der Waals surface area contributed by atoms with Crippen molar-refractivity contribution in [3.63, 3.8) is 0 Å². The molecule has 0 bridgehead atoms. The highest BCUT2D eigenvalue weighted by Gasteiger charge is 2.31. The van der Waals surface area contributed by atoms with E-state index in [1.807, 2.05) is 0 Å². The van der Waals surface area contributed by atoms with Crippen LogP contribution in [0.3, 0.4) is 0 Å². The summed E-state index contributed by atoms with van der Waals surface area (Å²) >= 11 is 0. The molecular weight excluding hydrogens is 215 g/mol. The average molecular weight is 227 g/mol. The molecule has 0 aromatic heterocycles. The molecule has 1 aliphatic heterocycles. The van der Waals surface area contributed by atoms with Crippen molar-refractivity contribution in [2.24, 2.45) is 5.92 Å². The van der Waals surface area contributed by atoms with Crippen LogP contribution in [-0.4, -0.2) is 31.4 Å². The number of amides is 1. The van der Waals surface area contributed by atoms with E-state index in [0.29, 0.717) is 6.42 Å². The quantitative estimate of drug-likeness (QED) is 0.732. The number of ether oxygens (including phenoxy) is 1. The van der Waals surface area contributed by atoms with Crippen molar-refractivity contribution in [2.75, 3.05) is 13.2 Å². The van der Waals surface area contributed by atoms with Gasteiger partial charge in [-0.2, -0.15) is 13.2 Å². The van der Waals surface area contributed by atoms with Crippen molar-refractivity contribution in [1.29, 1.82) is 0 Å². The molecule has 0 spiro atoms. The molecule has 0 aliphatic carbocycles. The van der Waals surface area contributed by atoms with Crippen LogP contribution in [0.1, 0.15) is 13.3 Å². The Bertz CT molecular complexity index is 232. The van der Waals surface area contributed by atoms with Gasteiger partial charge in [0.05, 0.1) is 18.6 Å². The summed E-state index contributed by atoms with van der Waals surface area (Å²) < 4.78 is 40.0. The van der Waals surface area contributed by atoms with E-state index < -0.39 is 24.6 Å². The highest BCUT2D eigenvalue weighted by Crippen LogP contribution is 2.19. The zero-order valence-corrected chi connectivity index (χ0v) is 8.13. The van der Waals surface area contributed by atoms with E-state index >= 15 is 0 Å². The van der Waals surface area contributed by atoms with Crippen LogP contribution in [0.25, 0.3) is 0 Å². The maximum Gasteiger partial charge on any atom is 0.414 e. The molecule has 0 saturated carbocycles. The van der Waals surface area contributed by atoms with E-state index in [1.165, 1.54) is 0 Å². The van der Waals surface area contributed by atoms with Gasteiger partial charge in [0.25, 0.3) is 0 Å². The van der Waals surface area contributed by atoms with E-state index in [9.17, 15) is 18.0 Å². The lowest BCUT2D eigenvalue weighted by Gasteiger charge is -2.10. The Morgan fingerprint density at radius 2 is 2.27 bits per heavy atom. The van der Waals surface area contributed by atoms with E-state index in [4.69, 9.17) is 4.74 Å². The molecule has 1 fully saturated rings. The number of alkyl halides is 3. The molecule has 1 saturated heterocycles. The van der Waals surface area contributed by atoms with Gasteiger partial charge in [-0.3, -0.25) is 9.63 Å². The van der Waals surface area contributed by atoms with Crippen LogP contribution < -0.4 is 5.48 Å². The lowest BCUT2D eigenvalue weighted by atomic mass is 10.1. The molecule has 1 N–H and O–H groups in total. The van der Waals surface area contributed by atoms with Crippen LogP contribution in [-0.2, 0) is 14.4 Å². The average Bonchev–Trinajstić information content (AvgIpc) is 2.49. The van der Waals surface area contributed by atoms with Crippen LogP contribution in [0.2, 0.25) is 0 Å². The van der Waals surface area contributed by atoms with Crippen molar-refractivity contribution >= 4 is 5.91 Å². The number of nitrogens with one attached hydrogen (secondary N) is 1. The maximum absolute atomic E-state index is 11.6. The first kappa shape index (κ1) is 12.3. The highest BCUT2D eigenvalue weighted by molar-refractivity contribution is 5.78. The molecule has 0 aromatic carbocycles. The fourth-order valence-corrected chi connectivity index (χ4v) is 1.27. The van der Waals surface area contributed by atoms with Gasteiger partial charge in [-0.1, -0.05) is 0 Å². The molecule has 1 rings (SSSR count). The summed E-state index contributed by atoms with van der Waals surface area (Å²) in [5.74, 6) is -0.989. The summed E-state index contributed by atoms with van der Waals surface area (Å²) in [6.45, 7) is 0.536. The first-order valence-corrected chi connectivity index (χ1v) is 4.48. The number of rotatable bonds is 3. The largest absolute Gasteiger partial charge is 0.414 e. The minimum absolute atomic E-state index is 0.0385. The van der Waals surface area contributed by atoms with E-state index in [1.54, 1.807) is 12.4 Å². The van der Waals surface area contributed by atoms with E-state index in [2.05, 4.69) is 4.84 Å². The SMILES string of the molecule is CC1CC(C(=O)NOCC(F)(F)F)CO1. The topological polar surface area (TPSA) is 47.6 Å². The molecule has 0 aromatic rings. The fraction of sp³-hybridized carbons (Fsp3) is 0.875. The van der Waals surface area contributed by atoms with Crippen molar-refractivity contribution < 1.29 is 27.5 Å². The van der Waals surface area contributed by atoms with Gasteiger partial charge in [0.15, 0.2) is 6.61 Å². The number of hydrogen-bond donors (Lipinski definition) is 1. The first-order chi connectivity index (χ1) is 6.88. The minimum atomic E-state index is -4.44. The van der Waals surface area contributed by atoms with Gasteiger partial charge in [-0.25, -0.2) is 5.48 Å². The monoisotopic (exact) mass is 227 g/mol. The van der Waals surface area contributed by atoms with Crippen molar-refractivity contribution in [1.82, 2.24) is 5.48 Å². The van der Waals surface area contributed by atoms with Crippen LogP contribution in [0.15, 0.2) is 0 Å². The number of hydrogen-bond acceptors (Lipinski definition) is 3. The number of carbonyl (C=O) groups is 1. The highest BCUT2D eigenvalue weighted by atomic mass is 19.4. The first-order valence-electron chi connectivity index (χ1n) is 4.48. The van der Waals surface area contributed by atoms with Gasteiger partial charge < -0.3 is 4.74 Å². The molecule has 88 valence electrons. The Labute approximate surface area is 84.7 Å². The third kappa shape index (κ3) is 4.48. The van der Waals surface area contributed by atoms with Crippen LogP contribution in [0.5, 0.6) is 0 Å². The zero-order valence-electron chi connectivity index (χ0n) is 8.13. The Morgan fingerprint density at radius 1 is 1.60 bits per heavy atom. The minimum Gasteiger partial charge on any atom is -0.378 e. The van der Waals surface area contributed by atoms with Crippen LogP contribution in [0, 0.1) is 5.92 Å². The Morgan fingerprint density at radius 3 is 2.73 bits per heavy atom. The fourth-order valence-electron chi connectivity index (χ4n) is 1.27. The smallest absolute Gasteiger partial charge is 0.378 e. The van der Waals surface area contributed by atoms with Gasteiger partial charge in [0.2, 0.25) is 5.91 Å². The third-order valence-electron chi connectivity index (χ3n) is 1.98. The number of hydroxylamine groups is 1. The Hall–Kier alpha value is -0.820. The maximum atomic E-state index is 11.6. The van der Waals surface area contributed by atoms with Gasteiger partial charge in [-0.05, 0) is 13.3 Å². The van der Waals surface area contributed by atoms with Crippen LogP contribution >= 0.6 is 0 Å². The standard InChI is InChI=1S/C8H12F3NO3/c1-5-2-6(3-14-5)7(13)12-15-4-8(9,10)11/h5-6H,2-4H2,1H3,(H,12,13). The Balaban J connectivity index is 2.19. The van der Waals surface area contributed by atoms with E-state index in [0.717, 1.165) is 0 Å². The van der Waals surface area contributed by atoms with Crippen molar-refractivity contribution in [2.45, 2.75) is 25.6 Å². The molecular formula is C8H12F3NO3. The molecule has 2 unspecified atom stereocenters.